The van der Waals surface area contributed by atoms with Crippen molar-refractivity contribution < 1.29 is 18.3 Å². The summed E-state index contributed by atoms with van der Waals surface area (Å²) in [5.74, 6) is -1.07. The Labute approximate surface area is 210 Å². The van der Waals surface area contributed by atoms with Gasteiger partial charge in [-0.2, -0.15) is 5.10 Å². The van der Waals surface area contributed by atoms with Crippen molar-refractivity contribution in [3.63, 3.8) is 0 Å². The van der Waals surface area contributed by atoms with E-state index < -0.39 is 21.9 Å². The lowest BCUT2D eigenvalue weighted by atomic mass is 9.69. The van der Waals surface area contributed by atoms with Crippen LogP contribution >= 0.6 is 22.3 Å². The summed E-state index contributed by atoms with van der Waals surface area (Å²) in [7, 11) is 0.883. The third kappa shape index (κ3) is 4.13. The van der Waals surface area contributed by atoms with Gasteiger partial charge in [0.2, 0.25) is 0 Å². The van der Waals surface area contributed by atoms with Gasteiger partial charge in [0.1, 0.15) is 17.0 Å². The highest BCUT2D eigenvalue weighted by molar-refractivity contribution is 8.13. The van der Waals surface area contributed by atoms with Crippen molar-refractivity contribution in [2.75, 3.05) is 20.2 Å². The van der Waals surface area contributed by atoms with E-state index in [1.54, 1.807) is 29.1 Å². The summed E-state index contributed by atoms with van der Waals surface area (Å²) in [5, 5.41) is 6.65. The first-order chi connectivity index (χ1) is 16.9. The Morgan fingerprint density at radius 3 is 2.69 bits per heavy atom. The number of carbonyl (C=O) groups excluding carboxylic acids is 1. The van der Waals surface area contributed by atoms with Gasteiger partial charge in [0.15, 0.2) is 0 Å². The van der Waals surface area contributed by atoms with Crippen LogP contribution in [0.2, 0.25) is 5.02 Å². The largest absolute Gasteiger partial charge is 0.468 e. The summed E-state index contributed by atoms with van der Waals surface area (Å²) < 4.78 is 37.0. The lowest BCUT2D eigenvalue weighted by Crippen LogP contribution is -2.50. The monoisotopic (exact) mass is 515 g/mol. The maximum absolute atomic E-state index is 14.2. The Morgan fingerprint density at radius 1 is 1.23 bits per heavy atom. The average molecular weight is 516 g/mol. The molecule has 5 rings (SSSR count). The minimum absolute atomic E-state index is 0.0845. The average Bonchev–Trinajstić information content (AvgIpc) is 3.27. The van der Waals surface area contributed by atoms with Crippen LogP contribution in [0.4, 0.5) is 8.78 Å². The summed E-state index contributed by atoms with van der Waals surface area (Å²) in [4.78, 5) is 14.1. The second kappa shape index (κ2) is 9.33. The fraction of sp³-hybridized carbons (Fsp3) is 0.269. The Balaban J connectivity index is 1.53. The van der Waals surface area contributed by atoms with Crippen LogP contribution in [0.1, 0.15) is 24.6 Å². The standard InChI is InChI=1S/C26H24ClF2N3O2S/c1-3-35(21-8-9-22(27)23(29)13-21)31-11-10-18-12-24-17(14-26(18,16-31)25(33)34-2)15-30-32(24)20-6-4-19(28)5-7-20/h3-9,12-13,15H,10-11,14,16H2,1-2H3/t26-,35?/m0/s1. The summed E-state index contributed by atoms with van der Waals surface area (Å²) in [6.07, 6.45) is 4.88. The van der Waals surface area contributed by atoms with Gasteiger partial charge in [0.25, 0.3) is 0 Å². The first-order valence-electron chi connectivity index (χ1n) is 11.2. The minimum atomic E-state index is -0.865. The Kier molecular flexibility index (Phi) is 6.38. The van der Waals surface area contributed by atoms with Crippen molar-refractivity contribution in [3.8, 4) is 5.69 Å². The summed E-state index contributed by atoms with van der Waals surface area (Å²) in [6, 6.07) is 11.0. The van der Waals surface area contributed by atoms with E-state index in [1.165, 1.54) is 25.3 Å². The van der Waals surface area contributed by atoms with Crippen molar-refractivity contribution in [3.05, 3.63) is 82.1 Å². The number of nitrogens with zero attached hydrogens (tertiary/aromatic N) is 3. The normalized spacial score (nSPS) is 20.7. The molecule has 1 saturated heterocycles. The highest BCUT2D eigenvalue weighted by Crippen LogP contribution is 2.48. The molecule has 0 radical (unpaired) electrons. The van der Waals surface area contributed by atoms with Gasteiger partial charge in [-0.3, -0.25) is 9.10 Å². The maximum Gasteiger partial charge on any atom is 0.317 e. The lowest BCUT2D eigenvalue weighted by Gasteiger charge is -2.45. The second-order valence-electron chi connectivity index (χ2n) is 8.60. The third-order valence-electron chi connectivity index (χ3n) is 6.66. The molecule has 0 N–H and O–H groups in total. The lowest BCUT2D eigenvalue weighted by molar-refractivity contribution is -0.151. The molecular weight excluding hydrogens is 492 g/mol. The molecule has 182 valence electrons. The number of carbonyl (C=O) groups is 1. The van der Waals surface area contributed by atoms with Crippen molar-refractivity contribution in [2.45, 2.75) is 24.7 Å². The van der Waals surface area contributed by atoms with Crippen LogP contribution in [0, 0.1) is 17.0 Å². The van der Waals surface area contributed by atoms with Crippen LogP contribution in [-0.2, 0) is 16.0 Å². The molecule has 2 aromatic carbocycles. The molecule has 1 aromatic heterocycles. The van der Waals surface area contributed by atoms with Crippen LogP contribution in [-0.4, -0.2) is 45.6 Å². The number of hydrogen-bond acceptors (Lipinski definition) is 4. The molecule has 0 saturated carbocycles. The first kappa shape index (κ1) is 23.9. The molecule has 9 heteroatoms. The fourth-order valence-corrected chi connectivity index (χ4v) is 7.04. The number of methoxy groups -OCH3 is 1. The van der Waals surface area contributed by atoms with Gasteiger partial charge in [-0.1, -0.05) is 22.3 Å². The van der Waals surface area contributed by atoms with Gasteiger partial charge in [0.05, 0.1) is 29.7 Å². The number of esters is 1. The third-order valence-corrected chi connectivity index (χ3v) is 9.02. The molecular formula is C26H24ClF2N3O2S. The highest BCUT2D eigenvalue weighted by Gasteiger charge is 2.50. The number of rotatable bonds is 4. The zero-order valence-corrected chi connectivity index (χ0v) is 20.9. The van der Waals surface area contributed by atoms with E-state index >= 15 is 0 Å². The number of fused-ring (bicyclic) bond motifs is 2. The number of hydrogen-bond donors (Lipinski definition) is 0. The molecule has 1 aliphatic heterocycles. The molecule has 35 heavy (non-hydrogen) atoms. The van der Waals surface area contributed by atoms with Crippen LogP contribution < -0.4 is 0 Å². The van der Waals surface area contributed by atoms with Gasteiger partial charge in [0, 0.05) is 18.0 Å². The van der Waals surface area contributed by atoms with Gasteiger partial charge >= 0.3 is 5.97 Å². The summed E-state index contributed by atoms with van der Waals surface area (Å²) in [6.45, 7) is 3.07. The maximum atomic E-state index is 14.2. The van der Waals surface area contributed by atoms with Crippen LogP contribution in [0.15, 0.2) is 59.1 Å². The quantitative estimate of drug-likeness (QED) is 0.331. The van der Waals surface area contributed by atoms with Crippen LogP contribution in [0.25, 0.3) is 11.8 Å². The van der Waals surface area contributed by atoms with Gasteiger partial charge in [-0.25, -0.2) is 13.5 Å². The Morgan fingerprint density at radius 2 is 2.00 bits per heavy atom. The van der Waals surface area contributed by atoms with Crippen LogP contribution in [0.3, 0.4) is 0 Å². The number of piperidine rings is 1. The smallest absolute Gasteiger partial charge is 0.317 e. The van der Waals surface area contributed by atoms with E-state index in [2.05, 4.69) is 9.40 Å². The molecule has 0 spiro atoms. The fourth-order valence-electron chi connectivity index (χ4n) is 4.98. The van der Waals surface area contributed by atoms with Crippen molar-refractivity contribution in [1.29, 1.82) is 0 Å². The van der Waals surface area contributed by atoms with E-state index in [0.29, 0.717) is 25.9 Å². The molecule has 1 aliphatic carbocycles. The van der Waals surface area contributed by atoms with Crippen molar-refractivity contribution in [2.24, 2.45) is 5.41 Å². The number of aromatic nitrogens is 2. The van der Waals surface area contributed by atoms with Crippen LogP contribution in [0.5, 0.6) is 0 Å². The Hall–Kier alpha value is -2.81. The molecule has 1 unspecified atom stereocenters. The van der Waals surface area contributed by atoms with E-state index in [4.69, 9.17) is 16.3 Å². The number of ether oxygens (including phenoxy) is 1. The predicted molar refractivity (Wildman–Crippen MR) is 135 cm³/mol. The van der Waals surface area contributed by atoms with Crippen molar-refractivity contribution in [1.82, 2.24) is 14.1 Å². The minimum Gasteiger partial charge on any atom is -0.468 e. The van der Waals surface area contributed by atoms with E-state index in [1.807, 2.05) is 24.4 Å². The SMILES string of the molecule is C/C=S(\c1ccc(Cl)c(F)c1)N1CCC2=Cc3c(cnn3-c3ccc(F)cc3)C[C@]2(C(=O)OC)C1. The van der Waals surface area contributed by atoms with E-state index in [0.717, 1.165) is 27.4 Å². The molecule has 2 aliphatic rings. The van der Waals surface area contributed by atoms with Gasteiger partial charge < -0.3 is 4.74 Å². The molecule has 0 amide bonds. The highest BCUT2D eigenvalue weighted by atomic mass is 35.5. The second-order valence-corrected chi connectivity index (χ2v) is 11.1. The topological polar surface area (TPSA) is 47.4 Å². The van der Waals surface area contributed by atoms with Crippen molar-refractivity contribution >= 4 is 39.7 Å². The van der Waals surface area contributed by atoms with E-state index in [-0.39, 0.29) is 16.8 Å². The zero-order chi connectivity index (χ0) is 24.7. The molecule has 2 heterocycles. The molecule has 1 fully saturated rings. The number of benzene rings is 2. The molecule has 5 nitrogen and oxygen atoms in total. The zero-order valence-electron chi connectivity index (χ0n) is 19.3. The first-order valence-corrected chi connectivity index (χ1v) is 12.8. The Bertz CT molecular complexity index is 1370. The summed E-state index contributed by atoms with van der Waals surface area (Å²) >= 11 is 5.90. The van der Waals surface area contributed by atoms with Gasteiger partial charge in [-0.15, -0.1) is 0 Å². The molecule has 3 aromatic rings. The van der Waals surface area contributed by atoms with E-state index in [9.17, 15) is 13.6 Å². The number of halogens is 3. The summed E-state index contributed by atoms with van der Waals surface area (Å²) in [5.41, 5.74) is 2.68. The predicted octanol–water partition coefficient (Wildman–Crippen LogP) is 5.67. The molecule has 0 bridgehead atoms. The van der Waals surface area contributed by atoms with Gasteiger partial charge in [-0.05, 0) is 84.8 Å². The molecule has 2 atom stereocenters.